The van der Waals surface area contributed by atoms with Gasteiger partial charge in [0.25, 0.3) is 11.5 Å². The number of nitrogens with one attached hydrogen (secondary N) is 2. The van der Waals surface area contributed by atoms with E-state index in [0.29, 0.717) is 27.6 Å². The van der Waals surface area contributed by atoms with Gasteiger partial charge in [0.15, 0.2) is 0 Å². The summed E-state index contributed by atoms with van der Waals surface area (Å²) in [7, 11) is 0. The molecule has 9 heteroatoms. The molecule has 31 heavy (non-hydrogen) atoms. The van der Waals surface area contributed by atoms with Gasteiger partial charge >= 0.3 is 6.18 Å². The minimum Gasteiger partial charge on any atom is -0.329 e. The van der Waals surface area contributed by atoms with E-state index in [1.54, 1.807) is 31.2 Å². The zero-order chi connectivity index (χ0) is 22.2. The van der Waals surface area contributed by atoms with Gasteiger partial charge in [-0.25, -0.2) is 0 Å². The zero-order valence-electron chi connectivity index (χ0n) is 16.1. The maximum atomic E-state index is 12.9. The number of nitrogens with zero attached hydrogens (tertiary/aromatic N) is 2. The molecule has 0 unspecified atom stereocenters. The fourth-order valence-electron chi connectivity index (χ4n) is 3.25. The molecule has 0 aliphatic rings. The van der Waals surface area contributed by atoms with E-state index in [2.05, 4.69) is 20.3 Å². The van der Waals surface area contributed by atoms with Gasteiger partial charge in [0.05, 0.1) is 5.56 Å². The second kappa shape index (κ2) is 7.67. The second-order valence-corrected chi connectivity index (χ2v) is 6.81. The van der Waals surface area contributed by atoms with Gasteiger partial charge in [0.2, 0.25) is 0 Å². The molecular formula is C22H15F3N4O2. The van der Waals surface area contributed by atoms with Crippen molar-refractivity contribution in [2.24, 2.45) is 0 Å². The van der Waals surface area contributed by atoms with Gasteiger partial charge in [0, 0.05) is 40.9 Å². The number of rotatable bonds is 3. The third-order valence-electron chi connectivity index (χ3n) is 4.76. The third-order valence-corrected chi connectivity index (χ3v) is 4.76. The molecule has 0 radical (unpaired) electrons. The summed E-state index contributed by atoms with van der Waals surface area (Å²) >= 11 is 0. The molecule has 156 valence electrons. The quantitative estimate of drug-likeness (QED) is 0.505. The van der Waals surface area contributed by atoms with Crippen LogP contribution in [0.25, 0.3) is 21.9 Å². The van der Waals surface area contributed by atoms with Gasteiger partial charge in [-0.3, -0.25) is 19.6 Å². The predicted octanol–water partition coefficient (Wildman–Crippen LogP) is 4.56. The van der Waals surface area contributed by atoms with Gasteiger partial charge in [-0.15, -0.1) is 0 Å². The number of H-pyrrole nitrogens is 1. The van der Waals surface area contributed by atoms with Gasteiger partial charge in [-0.1, -0.05) is 12.1 Å². The number of halogens is 3. The average Bonchev–Trinajstić information content (AvgIpc) is 2.74. The monoisotopic (exact) mass is 424 g/mol. The molecule has 0 bridgehead atoms. The van der Waals surface area contributed by atoms with Crippen molar-refractivity contribution in [1.82, 2.24) is 15.0 Å². The summed E-state index contributed by atoms with van der Waals surface area (Å²) in [5.74, 6) is -0.619. The highest BCUT2D eigenvalue weighted by molar-refractivity contribution is 6.05. The molecule has 4 rings (SSSR count). The Balaban J connectivity index is 1.72. The van der Waals surface area contributed by atoms with Crippen molar-refractivity contribution in [3.8, 4) is 11.1 Å². The molecule has 1 amide bonds. The molecule has 6 nitrogen and oxygen atoms in total. The van der Waals surface area contributed by atoms with Crippen LogP contribution in [-0.4, -0.2) is 20.9 Å². The van der Waals surface area contributed by atoms with E-state index in [-0.39, 0.29) is 16.8 Å². The van der Waals surface area contributed by atoms with E-state index in [0.717, 1.165) is 12.3 Å². The van der Waals surface area contributed by atoms with Crippen LogP contribution in [0.4, 0.5) is 18.9 Å². The van der Waals surface area contributed by atoms with Crippen LogP contribution >= 0.6 is 0 Å². The summed E-state index contributed by atoms with van der Waals surface area (Å²) in [6.07, 6.45) is -0.760. The molecule has 0 atom stereocenters. The number of hydrogen-bond acceptors (Lipinski definition) is 4. The summed E-state index contributed by atoms with van der Waals surface area (Å²) in [5.41, 5.74) is 0.763. The number of carbonyl (C=O) groups excluding carboxylic acids is 1. The Labute approximate surface area is 173 Å². The first kappa shape index (κ1) is 20.3. The molecule has 3 heterocycles. The molecule has 0 fully saturated rings. The second-order valence-electron chi connectivity index (χ2n) is 6.81. The fraction of sp³-hybridized carbons (Fsp3) is 0.0909. The van der Waals surface area contributed by atoms with E-state index < -0.39 is 17.8 Å². The van der Waals surface area contributed by atoms with Gasteiger partial charge in [-0.2, -0.15) is 13.2 Å². The number of fused-ring (bicyclic) bond motifs is 1. The zero-order valence-corrected chi connectivity index (χ0v) is 16.1. The van der Waals surface area contributed by atoms with Gasteiger partial charge in [-0.05, 0) is 48.2 Å². The average molecular weight is 424 g/mol. The topological polar surface area (TPSA) is 87.7 Å². The highest BCUT2D eigenvalue weighted by atomic mass is 19.4. The van der Waals surface area contributed by atoms with Crippen LogP contribution in [0.3, 0.4) is 0 Å². The van der Waals surface area contributed by atoms with E-state index in [1.807, 2.05) is 6.07 Å². The number of aromatic nitrogens is 3. The van der Waals surface area contributed by atoms with Crippen molar-refractivity contribution in [2.75, 3.05) is 5.32 Å². The maximum Gasteiger partial charge on any atom is 0.433 e. The highest BCUT2D eigenvalue weighted by Crippen LogP contribution is 2.31. The summed E-state index contributed by atoms with van der Waals surface area (Å²) in [4.78, 5) is 34.9. The molecule has 0 saturated carbocycles. The Kier molecular flexibility index (Phi) is 5.02. The fourth-order valence-corrected chi connectivity index (χ4v) is 3.25. The van der Waals surface area contributed by atoms with Gasteiger partial charge < -0.3 is 10.3 Å². The minimum atomic E-state index is -4.62. The molecule has 0 aliphatic heterocycles. The first-order chi connectivity index (χ1) is 14.7. The first-order valence-electron chi connectivity index (χ1n) is 9.16. The van der Waals surface area contributed by atoms with Crippen LogP contribution in [-0.2, 0) is 6.18 Å². The van der Waals surface area contributed by atoms with Crippen LogP contribution in [0.2, 0.25) is 0 Å². The van der Waals surface area contributed by atoms with Crippen LogP contribution < -0.4 is 10.9 Å². The summed E-state index contributed by atoms with van der Waals surface area (Å²) in [5, 5.41) is 3.62. The van der Waals surface area contributed by atoms with Crippen LogP contribution in [0, 0.1) is 6.92 Å². The molecule has 4 aromatic rings. The SMILES string of the molecule is Cc1ncc(C(=O)Nc2ccnc(C(F)(F)F)c2)cc1-c1cccc2c(=O)[nH]ccc12. The number of aromatic amines is 1. The summed E-state index contributed by atoms with van der Waals surface area (Å²) in [6.45, 7) is 1.77. The molecule has 2 N–H and O–H groups in total. The third kappa shape index (κ3) is 4.02. The Morgan fingerprint density at radius 1 is 1.03 bits per heavy atom. The number of pyridine rings is 3. The normalized spacial score (nSPS) is 11.5. The largest absolute Gasteiger partial charge is 0.433 e. The molecule has 0 spiro atoms. The molecule has 0 aliphatic carbocycles. The summed E-state index contributed by atoms with van der Waals surface area (Å²) < 4.78 is 38.6. The number of aryl methyl sites for hydroxylation is 1. The lowest BCUT2D eigenvalue weighted by Crippen LogP contribution is -2.14. The Hall–Kier alpha value is -4.01. The lowest BCUT2D eigenvalue weighted by atomic mass is 9.97. The number of amides is 1. The van der Waals surface area contributed by atoms with E-state index in [1.165, 1.54) is 18.5 Å². The van der Waals surface area contributed by atoms with Crippen molar-refractivity contribution >= 4 is 22.4 Å². The Morgan fingerprint density at radius 2 is 1.84 bits per heavy atom. The van der Waals surface area contributed by atoms with E-state index in [4.69, 9.17) is 0 Å². The number of hydrogen-bond donors (Lipinski definition) is 2. The maximum absolute atomic E-state index is 12.9. The standard InChI is InChI=1S/C22H15F3N4O2/c1-12-18(15-3-2-4-17-16(15)6-8-27-21(17)31)9-13(11-28-12)20(30)29-14-5-7-26-19(10-14)22(23,24)25/h2-11H,1H3,(H,27,31)(H,26,29,30). The predicted molar refractivity (Wildman–Crippen MR) is 110 cm³/mol. The van der Waals surface area contributed by atoms with E-state index >= 15 is 0 Å². The first-order valence-corrected chi connectivity index (χ1v) is 9.16. The van der Waals surface area contributed by atoms with Crippen LogP contribution in [0.1, 0.15) is 21.7 Å². The molecule has 3 aromatic heterocycles. The number of carbonyl (C=O) groups is 1. The smallest absolute Gasteiger partial charge is 0.329 e. The lowest BCUT2D eigenvalue weighted by molar-refractivity contribution is -0.141. The molecular weight excluding hydrogens is 409 g/mol. The molecule has 0 saturated heterocycles. The van der Waals surface area contributed by atoms with Crippen molar-refractivity contribution < 1.29 is 18.0 Å². The Bertz CT molecular complexity index is 1360. The summed E-state index contributed by atoms with van der Waals surface area (Å²) in [6, 6.07) is 10.6. The van der Waals surface area contributed by atoms with Crippen molar-refractivity contribution in [1.29, 1.82) is 0 Å². The number of alkyl halides is 3. The highest BCUT2D eigenvalue weighted by Gasteiger charge is 2.32. The van der Waals surface area contributed by atoms with Crippen molar-refractivity contribution in [3.63, 3.8) is 0 Å². The number of anilines is 1. The van der Waals surface area contributed by atoms with E-state index in [9.17, 15) is 22.8 Å². The number of benzene rings is 1. The van der Waals surface area contributed by atoms with Crippen molar-refractivity contribution in [2.45, 2.75) is 13.1 Å². The van der Waals surface area contributed by atoms with Crippen molar-refractivity contribution in [3.05, 3.63) is 88.4 Å². The minimum absolute atomic E-state index is 0.0360. The molecule has 1 aromatic carbocycles. The van der Waals surface area contributed by atoms with Crippen LogP contribution in [0.5, 0.6) is 0 Å². The van der Waals surface area contributed by atoms with Gasteiger partial charge in [0.1, 0.15) is 5.69 Å². The van der Waals surface area contributed by atoms with Crippen LogP contribution in [0.15, 0.2) is 65.8 Å². The Morgan fingerprint density at radius 3 is 2.61 bits per heavy atom. The lowest BCUT2D eigenvalue weighted by Gasteiger charge is -2.12.